The molecule has 3 unspecified atom stereocenters. The number of aliphatic hydroxyl groups is 1. The molecule has 0 radical (unpaired) electrons. The Kier molecular flexibility index (Phi) is 6.12. The highest BCUT2D eigenvalue weighted by Gasteiger charge is 2.35. The summed E-state index contributed by atoms with van der Waals surface area (Å²) >= 11 is 0. The zero-order valence-corrected chi connectivity index (χ0v) is 12.1. The van der Waals surface area contributed by atoms with Crippen molar-refractivity contribution in [2.45, 2.75) is 52.3 Å². The van der Waals surface area contributed by atoms with Crippen LogP contribution < -0.4 is 0 Å². The Hall–Kier alpha value is -0.290. The molecule has 0 heterocycles. The summed E-state index contributed by atoms with van der Waals surface area (Å²) in [7, 11) is 0. The molecule has 114 valence electrons. The first-order valence-electron chi connectivity index (χ1n) is 7.20. The van der Waals surface area contributed by atoms with Crippen LogP contribution in [0.4, 0.5) is 13.2 Å². The SMILES string of the molecule is CCN(CC1CC(C(C)C)CCC1O)CC(F)(F)F. The fraction of sp³-hybridized carbons (Fsp3) is 1.00. The highest BCUT2D eigenvalue weighted by atomic mass is 19.4. The summed E-state index contributed by atoms with van der Waals surface area (Å²) < 4.78 is 37.3. The van der Waals surface area contributed by atoms with Crippen molar-refractivity contribution in [3.8, 4) is 0 Å². The highest BCUT2D eigenvalue weighted by molar-refractivity contribution is 4.83. The molecule has 0 aliphatic heterocycles. The van der Waals surface area contributed by atoms with Crippen LogP contribution in [0.2, 0.25) is 0 Å². The van der Waals surface area contributed by atoms with E-state index in [1.807, 2.05) is 0 Å². The first-order valence-corrected chi connectivity index (χ1v) is 7.20. The molecule has 1 saturated carbocycles. The van der Waals surface area contributed by atoms with E-state index in [4.69, 9.17) is 0 Å². The molecule has 1 aliphatic carbocycles. The molecule has 1 rings (SSSR count). The fourth-order valence-electron chi connectivity index (χ4n) is 2.98. The third-order valence-electron chi connectivity index (χ3n) is 4.27. The monoisotopic (exact) mass is 281 g/mol. The Labute approximate surface area is 114 Å². The Balaban J connectivity index is 2.56. The maximum absolute atomic E-state index is 12.4. The van der Waals surface area contributed by atoms with Gasteiger partial charge in [-0.25, -0.2) is 0 Å². The minimum Gasteiger partial charge on any atom is -0.393 e. The molecular weight excluding hydrogens is 255 g/mol. The minimum atomic E-state index is -4.16. The van der Waals surface area contributed by atoms with Gasteiger partial charge in [0.25, 0.3) is 0 Å². The van der Waals surface area contributed by atoms with Gasteiger partial charge in [0.05, 0.1) is 12.6 Å². The third kappa shape index (κ3) is 5.69. The highest BCUT2D eigenvalue weighted by Crippen LogP contribution is 2.34. The van der Waals surface area contributed by atoms with E-state index in [-0.39, 0.29) is 5.92 Å². The standard InChI is InChI=1S/C14H26F3NO/c1-4-18(9-14(15,16)17)8-12-7-11(10(2)3)5-6-13(12)19/h10-13,19H,4-9H2,1-3H3. The molecule has 3 atom stereocenters. The zero-order chi connectivity index (χ0) is 14.6. The molecule has 1 fully saturated rings. The smallest absolute Gasteiger partial charge is 0.393 e. The Morgan fingerprint density at radius 2 is 1.89 bits per heavy atom. The molecule has 1 aliphatic rings. The number of halogens is 3. The van der Waals surface area contributed by atoms with Gasteiger partial charge in [0.2, 0.25) is 0 Å². The number of hydrogen-bond acceptors (Lipinski definition) is 2. The van der Waals surface area contributed by atoms with Crippen LogP contribution in [-0.4, -0.2) is 41.9 Å². The summed E-state index contributed by atoms with van der Waals surface area (Å²) in [4.78, 5) is 1.40. The average molecular weight is 281 g/mol. The van der Waals surface area contributed by atoms with Crippen LogP contribution in [0.25, 0.3) is 0 Å². The zero-order valence-electron chi connectivity index (χ0n) is 12.1. The van der Waals surface area contributed by atoms with E-state index in [9.17, 15) is 18.3 Å². The van der Waals surface area contributed by atoms with E-state index in [1.54, 1.807) is 6.92 Å². The first kappa shape index (κ1) is 16.8. The molecule has 2 nitrogen and oxygen atoms in total. The van der Waals surface area contributed by atoms with E-state index < -0.39 is 18.8 Å². The summed E-state index contributed by atoms with van der Waals surface area (Å²) in [6.45, 7) is 5.87. The van der Waals surface area contributed by atoms with Crippen molar-refractivity contribution in [1.82, 2.24) is 4.90 Å². The lowest BCUT2D eigenvalue weighted by molar-refractivity contribution is -0.148. The van der Waals surface area contributed by atoms with Crippen molar-refractivity contribution >= 4 is 0 Å². The second kappa shape index (κ2) is 6.93. The number of nitrogens with zero attached hydrogens (tertiary/aromatic N) is 1. The average Bonchev–Trinajstić information content (AvgIpc) is 2.28. The van der Waals surface area contributed by atoms with Crippen molar-refractivity contribution in [2.75, 3.05) is 19.6 Å². The van der Waals surface area contributed by atoms with Gasteiger partial charge < -0.3 is 5.11 Å². The van der Waals surface area contributed by atoms with E-state index in [0.29, 0.717) is 24.9 Å². The molecule has 0 aromatic rings. The van der Waals surface area contributed by atoms with Crippen LogP contribution >= 0.6 is 0 Å². The lowest BCUT2D eigenvalue weighted by Gasteiger charge is -2.38. The van der Waals surface area contributed by atoms with E-state index in [2.05, 4.69) is 13.8 Å². The molecule has 19 heavy (non-hydrogen) atoms. The lowest BCUT2D eigenvalue weighted by atomic mass is 9.74. The van der Waals surface area contributed by atoms with Crippen molar-refractivity contribution < 1.29 is 18.3 Å². The minimum absolute atomic E-state index is 0.0246. The Morgan fingerprint density at radius 1 is 1.26 bits per heavy atom. The quantitative estimate of drug-likeness (QED) is 0.835. The number of aliphatic hydroxyl groups excluding tert-OH is 1. The van der Waals surface area contributed by atoms with Gasteiger partial charge in [0.15, 0.2) is 0 Å². The second-order valence-corrected chi connectivity index (χ2v) is 6.09. The summed E-state index contributed by atoms with van der Waals surface area (Å²) in [5.74, 6) is 1.04. The van der Waals surface area contributed by atoms with Crippen LogP contribution in [0.1, 0.15) is 40.0 Å². The normalized spacial score (nSPS) is 29.2. The van der Waals surface area contributed by atoms with Crippen LogP contribution in [0.15, 0.2) is 0 Å². The molecule has 0 saturated heterocycles. The van der Waals surface area contributed by atoms with Crippen molar-refractivity contribution in [3.63, 3.8) is 0 Å². The largest absolute Gasteiger partial charge is 0.401 e. The molecule has 0 bridgehead atoms. The van der Waals surface area contributed by atoms with Crippen molar-refractivity contribution in [1.29, 1.82) is 0 Å². The van der Waals surface area contributed by atoms with E-state index in [0.717, 1.165) is 19.3 Å². The maximum Gasteiger partial charge on any atom is 0.401 e. The molecule has 0 spiro atoms. The maximum atomic E-state index is 12.4. The van der Waals surface area contributed by atoms with Gasteiger partial charge in [0.1, 0.15) is 0 Å². The van der Waals surface area contributed by atoms with E-state index >= 15 is 0 Å². The molecule has 0 amide bonds. The van der Waals surface area contributed by atoms with Gasteiger partial charge in [-0.15, -0.1) is 0 Å². The number of alkyl halides is 3. The van der Waals surface area contributed by atoms with Crippen LogP contribution in [0, 0.1) is 17.8 Å². The molecule has 0 aromatic carbocycles. The predicted octanol–water partition coefficient (Wildman–Crippen LogP) is 3.30. The molecule has 1 N–H and O–H groups in total. The van der Waals surface area contributed by atoms with Crippen LogP contribution in [0.5, 0.6) is 0 Å². The van der Waals surface area contributed by atoms with Gasteiger partial charge >= 0.3 is 6.18 Å². The number of hydrogen-bond donors (Lipinski definition) is 1. The Bertz CT molecular complexity index is 268. The topological polar surface area (TPSA) is 23.5 Å². The summed E-state index contributed by atoms with van der Waals surface area (Å²) in [6.07, 6.45) is -2.06. The second-order valence-electron chi connectivity index (χ2n) is 6.09. The van der Waals surface area contributed by atoms with Gasteiger partial charge in [-0.3, -0.25) is 4.90 Å². The Morgan fingerprint density at radius 3 is 2.37 bits per heavy atom. The van der Waals surface area contributed by atoms with Gasteiger partial charge in [-0.2, -0.15) is 13.2 Å². The van der Waals surface area contributed by atoms with Crippen molar-refractivity contribution in [2.24, 2.45) is 17.8 Å². The van der Waals surface area contributed by atoms with Crippen LogP contribution in [0.3, 0.4) is 0 Å². The summed E-state index contributed by atoms with van der Waals surface area (Å²) in [5.41, 5.74) is 0. The first-order chi connectivity index (χ1) is 8.73. The van der Waals surface area contributed by atoms with Crippen LogP contribution in [-0.2, 0) is 0 Å². The summed E-state index contributed by atoms with van der Waals surface area (Å²) in [6, 6.07) is 0. The number of rotatable bonds is 5. The third-order valence-corrected chi connectivity index (χ3v) is 4.27. The van der Waals surface area contributed by atoms with Gasteiger partial charge in [-0.1, -0.05) is 20.8 Å². The molecule has 0 aromatic heterocycles. The van der Waals surface area contributed by atoms with Gasteiger partial charge in [-0.05, 0) is 43.6 Å². The fourth-order valence-corrected chi connectivity index (χ4v) is 2.98. The molecular formula is C14H26F3NO. The van der Waals surface area contributed by atoms with Crippen molar-refractivity contribution in [3.05, 3.63) is 0 Å². The molecule has 5 heteroatoms. The lowest BCUT2D eigenvalue weighted by Crippen LogP contribution is -2.43. The summed E-state index contributed by atoms with van der Waals surface area (Å²) in [5, 5.41) is 10.0. The van der Waals surface area contributed by atoms with E-state index in [1.165, 1.54) is 4.90 Å². The predicted molar refractivity (Wildman–Crippen MR) is 69.8 cm³/mol. The van der Waals surface area contributed by atoms with Gasteiger partial charge in [0, 0.05) is 6.54 Å².